The Balaban J connectivity index is 2.16. The molecule has 1 fully saturated rings. The van der Waals surface area contributed by atoms with Crippen LogP contribution >= 0.6 is 0 Å². The van der Waals surface area contributed by atoms with E-state index in [1.165, 1.54) is 11.8 Å². The average Bonchev–Trinajstić information content (AvgIpc) is 2.97. The molecule has 1 heterocycles. The molecule has 9 heteroatoms. The van der Waals surface area contributed by atoms with Gasteiger partial charge < -0.3 is 15.1 Å². The van der Waals surface area contributed by atoms with Crippen LogP contribution < -0.4 is 5.32 Å². The van der Waals surface area contributed by atoms with Gasteiger partial charge in [-0.05, 0) is 24.8 Å². The van der Waals surface area contributed by atoms with Crippen molar-refractivity contribution in [2.45, 2.75) is 51.9 Å². The predicted molar refractivity (Wildman–Crippen MR) is 104 cm³/mol. The minimum absolute atomic E-state index is 0.0763. The van der Waals surface area contributed by atoms with Crippen LogP contribution in [0.3, 0.4) is 0 Å². The number of amides is 3. The zero-order valence-corrected chi connectivity index (χ0v) is 16.7. The Bertz CT molecular complexity index is 767. The molecule has 0 aromatic heterocycles. The van der Waals surface area contributed by atoms with Crippen molar-refractivity contribution in [1.29, 1.82) is 0 Å². The number of nitrogens with one attached hydrogen (secondary N) is 1. The van der Waals surface area contributed by atoms with E-state index in [0.717, 1.165) is 10.5 Å². The van der Waals surface area contributed by atoms with Crippen LogP contribution in [0, 0.1) is 5.92 Å². The largest absolute Gasteiger partial charge is 0.480 e. The van der Waals surface area contributed by atoms with Gasteiger partial charge in [0, 0.05) is 6.54 Å². The molecule has 3 N–H and O–H groups in total. The van der Waals surface area contributed by atoms with Crippen molar-refractivity contribution >= 4 is 23.9 Å². The van der Waals surface area contributed by atoms with Crippen LogP contribution in [-0.2, 0) is 20.9 Å². The molecule has 1 aliphatic heterocycles. The summed E-state index contributed by atoms with van der Waals surface area (Å²) in [7, 11) is 0. The quantitative estimate of drug-likeness (QED) is 0.566. The van der Waals surface area contributed by atoms with Gasteiger partial charge in [-0.3, -0.25) is 14.9 Å². The van der Waals surface area contributed by atoms with E-state index in [9.17, 15) is 29.4 Å². The van der Waals surface area contributed by atoms with Crippen molar-refractivity contribution in [3.05, 3.63) is 35.9 Å². The van der Waals surface area contributed by atoms with Gasteiger partial charge in [0.25, 0.3) is 0 Å². The van der Waals surface area contributed by atoms with E-state index in [0.29, 0.717) is 6.42 Å². The monoisotopic (exact) mass is 405 g/mol. The molecule has 0 spiro atoms. The van der Waals surface area contributed by atoms with E-state index in [4.69, 9.17) is 0 Å². The first kappa shape index (κ1) is 22.4. The first-order chi connectivity index (χ1) is 13.6. The molecule has 3 atom stereocenters. The van der Waals surface area contributed by atoms with E-state index in [2.05, 4.69) is 5.32 Å². The van der Waals surface area contributed by atoms with Crippen LogP contribution in [0.1, 0.15) is 32.8 Å². The Morgan fingerprint density at radius 1 is 1.14 bits per heavy atom. The van der Waals surface area contributed by atoms with Crippen molar-refractivity contribution in [2.75, 3.05) is 6.54 Å². The normalized spacial score (nSPS) is 18.8. The third-order valence-electron chi connectivity index (χ3n) is 4.75. The second-order valence-electron chi connectivity index (χ2n) is 7.62. The molecule has 1 aromatic carbocycles. The summed E-state index contributed by atoms with van der Waals surface area (Å²) in [5.74, 6) is -3.07. The zero-order valence-electron chi connectivity index (χ0n) is 16.7. The van der Waals surface area contributed by atoms with Crippen molar-refractivity contribution in [1.82, 2.24) is 15.1 Å². The highest BCUT2D eigenvalue weighted by molar-refractivity contribution is 6.02. The lowest BCUT2D eigenvalue weighted by molar-refractivity contribution is -0.147. The summed E-state index contributed by atoms with van der Waals surface area (Å²) in [4.78, 5) is 50.8. The maximum atomic E-state index is 12.9. The lowest BCUT2D eigenvalue weighted by Crippen LogP contribution is -2.54. The minimum atomic E-state index is -1.32. The molecule has 2 rings (SSSR count). The number of rotatable bonds is 9. The van der Waals surface area contributed by atoms with Crippen molar-refractivity contribution in [3.8, 4) is 0 Å². The number of aliphatic carboxylic acids is 2. The Morgan fingerprint density at radius 3 is 2.28 bits per heavy atom. The number of benzene rings is 1. The van der Waals surface area contributed by atoms with Gasteiger partial charge in [-0.1, -0.05) is 44.2 Å². The standard InChI is InChI=1S/C20H27N3O6/c1-12(2)9-15(18(25)26)21-13(3)17(24)23-16(19(27)28)11-22(20(23)29)10-14-7-5-4-6-8-14/h4-8,12-13,15-16,21H,9-11H2,1-3H3,(H,25,26)(H,27,28)/t13-,15-,16-/m0/s1. The van der Waals surface area contributed by atoms with Gasteiger partial charge in [0.15, 0.2) is 6.04 Å². The first-order valence-electron chi connectivity index (χ1n) is 9.49. The molecule has 29 heavy (non-hydrogen) atoms. The molecule has 0 aliphatic carbocycles. The van der Waals surface area contributed by atoms with Crippen LogP contribution in [0.2, 0.25) is 0 Å². The summed E-state index contributed by atoms with van der Waals surface area (Å²) < 4.78 is 0. The SMILES string of the molecule is CC(C)C[C@H](N[C@@H](C)C(=O)N1C(=O)N(Cc2ccccc2)C[C@H]1C(=O)O)C(=O)O. The third-order valence-corrected chi connectivity index (χ3v) is 4.75. The van der Waals surface area contributed by atoms with Crippen molar-refractivity contribution < 1.29 is 29.4 Å². The number of nitrogens with zero attached hydrogens (tertiary/aromatic N) is 2. The molecule has 1 saturated heterocycles. The number of carbonyl (C=O) groups excluding carboxylic acids is 2. The lowest BCUT2D eigenvalue weighted by Gasteiger charge is -2.26. The highest BCUT2D eigenvalue weighted by Crippen LogP contribution is 2.21. The van der Waals surface area contributed by atoms with Crippen LogP contribution in [0.25, 0.3) is 0 Å². The molecule has 0 bridgehead atoms. The lowest BCUT2D eigenvalue weighted by atomic mass is 10.0. The first-order valence-corrected chi connectivity index (χ1v) is 9.49. The molecule has 0 unspecified atom stereocenters. The molecule has 0 radical (unpaired) electrons. The summed E-state index contributed by atoms with van der Waals surface area (Å²) >= 11 is 0. The minimum Gasteiger partial charge on any atom is -0.480 e. The molecule has 3 amide bonds. The molecule has 9 nitrogen and oxygen atoms in total. The number of carboxylic acids is 2. The summed E-state index contributed by atoms with van der Waals surface area (Å²) in [6.07, 6.45) is 0.295. The van der Waals surface area contributed by atoms with Crippen LogP contribution in [0.4, 0.5) is 4.79 Å². The average molecular weight is 405 g/mol. The molecule has 0 saturated carbocycles. The van der Waals surface area contributed by atoms with E-state index in [1.54, 1.807) is 24.3 Å². The second kappa shape index (κ2) is 9.51. The topological polar surface area (TPSA) is 127 Å². The van der Waals surface area contributed by atoms with E-state index in [-0.39, 0.29) is 19.0 Å². The third kappa shape index (κ3) is 5.54. The molecule has 1 aliphatic rings. The number of urea groups is 1. The van der Waals surface area contributed by atoms with Gasteiger partial charge in [0.05, 0.1) is 12.6 Å². The van der Waals surface area contributed by atoms with Gasteiger partial charge in [0.1, 0.15) is 6.04 Å². The Labute approximate surface area is 169 Å². The maximum absolute atomic E-state index is 12.9. The van der Waals surface area contributed by atoms with E-state index < -0.39 is 42.0 Å². The van der Waals surface area contributed by atoms with Gasteiger partial charge in [0.2, 0.25) is 5.91 Å². The van der Waals surface area contributed by atoms with Crippen LogP contribution in [-0.4, -0.2) is 68.6 Å². The smallest absolute Gasteiger partial charge is 0.328 e. The van der Waals surface area contributed by atoms with Crippen molar-refractivity contribution in [3.63, 3.8) is 0 Å². The number of hydrogen-bond acceptors (Lipinski definition) is 5. The fourth-order valence-corrected chi connectivity index (χ4v) is 3.32. The Hall–Kier alpha value is -2.94. The highest BCUT2D eigenvalue weighted by atomic mass is 16.4. The van der Waals surface area contributed by atoms with Crippen LogP contribution in [0.5, 0.6) is 0 Å². The summed E-state index contributed by atoms with van der Waals surface area (Å²) in [5, 5.41) is 21.6. The number of carbonyl (C=O) groups is 4. The Kier molecular flexibility index (Phi) is 7.33. The van der Waals surface area contributed by atoms with E-state index in [1.807, 2.05) is 19.9 Å². The van der Waals surface area contributed by atoms with Gasteiger partial charge in [-0.15, -0.1) is 0 Å². The summed E-state index contributed by atoms with van der Waals surface area (Å²) in [6.45, 7) is 5.20. The number of imide groups is 1. The molecule has 158 valence electrons. The Morgan fingerprint density at radius 2 is 1.76 bits per heavy atom. The highest BCUT2D eigenvalue weighted by Gasteiger charge is 2.46. The summed E-state index contributed by atoms with van der Waals surface area (Å²) in [5.41, 5.74) is 0.813. The molecular formula is C20H27N3O6. The van der Waals surface area contributed by atoms with Gasteiger partial charge >= 0.3 is 18.0 Å². The van der Waals surface area contributed by atoms with Crippen molar-refractivity contribution in [2.24, 2.45) is 5.92 Å². The maximum Gasteiger partial charge on any atom is 0.328 e. The fraction of sp³-hybridized carbons (Fsp3) is 0.500. The number of carboxylic acid groups (broad SMARTS) is 2. The fourth-order valence-electron chi connectivity index (χ4n) is 3.32. The van der Waals surface area contributed by atoms with Gasteiger partial charge in [-0.25, -0.2) is 14.5 Å². The number of hydrogen-bond donors (Lipinski definition) is 3. The predicted octanol–water partition coefficient (Wildman–Crippen LogP) is 1.38. The van der Waals surface area contributed by atoms with Gasteiger partial charge in [-0.2, -0.15) is 0 Å². The van der Waals surface area contributed by atoms with Crippen LogP contribution in [0.15, 0.2) is 30.3 Å². The summed E-state index contributed by atoms with van der Waals surface area (Å²) in [6, 6.07) is 5.02. The van der Waals surface area contributed by atoms with E-state index >= 15 is 0 Å². The molecular weight excluding hydrogens is 378 g/mol. The second-order valence-corrected chi connectivity index (χ2v) is 7.62. The molecule has 1 aromatic rings. The zero-order chi connectivity index (χ0) is 21.7.